The Morgan fingerprint density at radius 3 is 2.63 bits per heavy atom. The molecule has 1 N–H and O–H groups in total. The molecule has 0 aliphatic carbocycles. The summed E-state index contributed by atoms with van der Waals surface area (Å²) >= 11 is 3.56. The third-order valence-electron chi connectivity index (χ3n) is 4.63. The Labute approximate surface area is 165 Å². The highest BCUT2D eigenvalue weighted by Crippen LogP contribution is 2.40. The van der Waals surface area contributed by atoms with Crippen molar-refractivity contribution in [2.45, 2.75) is 13.8 Å². The van der Waals surface area contributed by atoms with E-state index in [4.69, 9.17) is 9.47 Å². The monoisotopic (exact) mass is 424 g/mol. The maximum Gasteiger partial charge on any atom is 0.257 e. The van der Waals surface area contributed by atoms with E-state index in [9.17, 15) is 4.79 Å². The maximum atomic E-state index is 12.5. The van der Waals surface area contributed by atoms with Gasteiger partial charge < -0.3 is 14.8 Å². The van der Waals surface area contributed by atoms with Gasteiger partial charge >= 0.3 is 0 Å². The minimum absolute atomic E-state index is 0.166. The van der Waals surface area contributed by atoms with E-state index in [1.54, 1.807) is 12.3 Å². The fourth-order valence-electron chi connectivity index (χ4n) is 2.95. The lowest BCUT2D eigenvalue weighted by Gasteiger charge is -2.10. The van der Waals surface area contributed by atoms with Gasteiger partial charge in [0.2, 0.25) is 6.79 Å². The molecule has 1 aromatic heterocycles. The first-order valence-electron chi connectivity index (χ1n) is 8.46. The molecule has 1 aliphatic rings. The van der Waals surface area contributed by atoms with Crippen LogP contribution in [0.5, 0.6) is 11.5 Å². The zero-order chi connectivity index (χ0) is 19.0. The van der Waals surface area contributed by atoms with Crippen LogP contribution in [0.1, 0.15) is 21.5 Å². The van der Waals surface area contributed by atoms with E-state index in [2.05, 4.69) is 26.2 Å². The number of amides is 1. The first-order valence-corrected chi connectivity index (χ1v) is 9.25. The molecule has 0 spiro atoms. The van der Waals surface area contributed by atoms with Crippen molar-refractivity contribution in [3.05, 3.63) is 69.8 Å². The highest BCUT2D eigenvalue weighted by molar-refractivity contribution is 9.10. The van der Waals surface area contributed by atoms with Crippen molar-refractivity contribution in [1.82, 2.24) is 4.98 Å². The topological polar surface area (TPSA) is 60.5 Å². The van der Waals surface area contributed by atoms with Crippen LogP contribution in [0.25, 0.3) is 11.1 Å². The highest BCUT2D eigenvalue weighted by atomic mass is 79.9. The van der Waals surface area contributed by atoms with Gasteiger partial charge in [-0.05, 0) is 55.3 Å². The molecule has 27 heavy (non-hydrogen) atoms. The molecule has 0 fully saturated rings. The number of halogens is 1. The number of hydrogen-bond donors (Lipinski definition) is 1. The Morgan fingerprint density at radius 2 is 1.89 bits per heavy atom. The fourth-order valence-corrected chi connectivity index (χ4v) is 3.50. The molecule has 1 aliphatic heterocycles. The number of fused-ring (bicyclic) bond motifs is 1. The van der Waals surface area contributed by atoms with E-state index in [1.807, 2.05) is 50.2 Å². The Hall–Kier alpha value is -2.86. The SMILES string of the molecule is Cc1cccc(C(=O)Nc2ccc(-c3cc4c(cc3Br)OCO4)cn2)c1C. The molecule has 4 rings (SSSR count). The van der Waals surface area contributed by atoms with Crippen molar-refractivity contribution >= 4 is 27.7 Å². The fraction of sp³-hybridized carbons (Fsp3) is 0.143. The summed E-state index contributed by atoms with van der Waals surface area (Å²) in [6.45, 7) is 4.16. The van der Waals surface area contributed by atoms with Gasteiger partial charge in [0.25, 0.3) is 5.91 Å². The Morgan fingerprint density at radius 1 is 1.11 bits per heavy atom. The van der Waals surface area contributed by atoms with Crippen molar-refractivity contribution < 1.29 is 14.3 Å². The molecule has 1 amide bonds. The number of hydrogen-bond acceptors (Lipinski definition) is 4. The summed E-state index contributed by atoms with van der Waals surface area (Å²) in [6, 6.07) is 13.2. The Bertz CT molecular complexity index is 1030. The number of aryl methyl sites for hydroxylation is 1. The number of anilines is 1. The summed E-state index contributed by atoms with van der Waals surface area (Å²) in [5.41, 5.74) is 4.55. The Balaban J connectivity index is 1.56. The minimum atomic E-state index is -0.166. The van der Waals surface area contributed by atoms with Crippen LogP contribution in [0.3, 0.4) is 0 Å². The summed E-state index contributed by atoms with van der Waals surface area (Å²) < 4.78 is 11.7. The number of pyridine rings is 1. The van der Waals surface area contributed by atoms with Gasteiger partial charge in [-0.15, -0.1) is 0 Å². The average Bonchev–Trinajstić information content (AvgIpc) is 3.11. The van der Waals surface area contributed by atoms with Gasteiger partial charge in [0.1, 0.15) is 5.82 Å². The van der Waals surface area contributed by atoms with Gasteiger partial charge in [-0.1, -0.05) is 28.1 Å². The molecule has 6 heteroatoms. The summed E-state index contributed by atoms with van der Waals surface area (Å²) in [6.07, 6.45) is 1.72. The van der Waals surface area contributed by atoms with E-state index in [-0.39, 0.29) is 12.7 Å². The second kappa shape index (κ2) is 7.04. The number of nitrogens with one attached hydrogen (secondary N) is 1. The summed E-state index contributed by atoms with van der Waals surface area (Å²) in [4.78, 5) is 16.9. The molecule has 2 aromatic carbocycles. The lowest BCUT2D eigenvalue weighted by molar-refractivity contribution is 0.102. The second-order valence-corrected chi connectivity index (χ2v) is 7.17. The minimum Gasteiger partial charge on any atom is -0.454 e. The molecule has 0 radical (unpaired) electrons. The van der Waals surface area contributed by atoms with Crippen LogP contribution in [0.15, 0.2) is 53.1 Å². The van der Waals surface area contributed by atoms with Crippen LogP contribution < -0.4 is 14.8 Å². The lowest BCUT2D eigenvalue weighted by atomic mass is 10.0. The van der Waals surface area contributed by atoms with Gasteiger partial charge in [-0.2, -0.15) is 0 Å². The largest absolute Gasteiger partial charge is 0.454 e. The number of ether oxygens (including phenoxy) is 2. The smallest absolute Gasteiger partial charge is 0.257 e. The molecule has 0 atom stereocenters. The van der Waals surface area contributed by atoms with Crippen molar-refractivity contribution in [2.75, 3.05) is 12.1 Å². The van der Waals surface area contributed by atoms with E-state index in [0.717, 1.165) is 32.5 Å². The number of nitrogens with zero attached hydrogens (tertiary/aromatic N) is 1. The molecule has 0 saturated heterocycles. The molecule has 0 saturated carbocycles. The van der Waals surface area contributed by atoms with Crippen LogP contribution in [0, 0.1) is 13.8 Å². The van der Waals surface area contributed by atoms with E-state index < -0.39 is 0 Å². The van der Waals surface area contributed by atoms with E-state index >= 15 is 0 Å². The van der Waals surface area contributed by atoms with Gasteiger partial charge in [0.15, 0.2) is 11.5 Å². The zero-order valence-corrected chi connectivity index (χ0v) is 16.5. The summed E-state index contributed by atoms with van der Waals surface area (Å²) in [5.74, 6) is 1.76. The standard InChI is InChI=1S/C21H17BrN2O3/c1-12-4-3-5-15(13(12)2)21(25)24-20-7-6-14(10-23-20)16-8-18-19(9-17(16)22)27-11-26-18/h3-10H,11H2,1-2H3,(H,23,24,25). The van der Waals surface area contributed by atoms with Gasteiger partial charge in [0.05, 0.1) is 0 Å². The molecule has 0 unspecified atom stereocenters. The maximum absolute atomic E-state index is 12.5. The van der Waals surface area contributed by atoms with E-state index in [1.165, 1.54) is 0 Å². The molecule has 3 aromatic rings. The van der Waals surface area contributed by atoms with Gasteiger partial charge in [0, 0.05) is 27.4 Å². The first kappa shape index (κ1) is 17.5. The van der Waals surface area contributed by atoms with Crippen LogP contribution in [-0.4, -0.2) is 17.7 Å². The third-order valence-corrected chi connectivity index (χ3v) is 5.28. The molecule has 0 bridgehead atoms. The number of aromatic nitrogens is 1. The zero-order valence-electron chi connectivity index (χ0n) is 14.9. The summed E-state index contributed by atoms with van der Waals surface area (Å²) in [5, 5.41) is 2.85. The summed E-state index contributed by atoms with van der Waals surface area (Å²) in [7, 11) is 0. The van der Waals surface area contributed by atoms with Crippen molar-refractivity contribution in [1.29, 1.82) is 0 Å². The van der Waals surface area contributed by atoms with Crippen LogP contribution in [0.2, 0.25) is 0 Å². The second-order valence-electron chi connectivity index (χ2n) is 6.32. The Kier molecular flexibility index (Phi) is 4.58. The highest BCUT2D eigenvalue weighted by Gasteiger charge is 2.17. The number of carbonyl (C=O) groups excluding carboxylic acids is 1. The van der Waals surface area contributed by atoms with E-state index in [0.29, 0.717) is 17.1 Å². The van der Waals surface area contributed by atoms with Gasteiger partial charge in [-0.25, -0.2) is 4.98 Å². The van der Waals surface area contributed by atoms with Crippen molar-refractivity contribution in [3.8, 4) is 22.6 Å². The first-order chi connectivity index (χ1) is 13.0. The van der Waals surface area contributed by atoms with Gasteiger partial charge in [-0.3, -0.25) is 4.79 Å². The van der Waals surface area contributed by atoms with Crippen LogP contribution in [-0.2, 0) is 0 Å². The molecule has 5 nitrogen and oxygen atoms in total. The number of rotatable bonds is 3. The lowest BCUT2D eigenvalue weighted by Crippen LogP contribution is -2.14. The molecular formula is C21H17BrN2O3. The number of carbonyl (C=O) groups is 1. The third kappa shape index (κ3) is 3.40. The van der Waals surface area contributed by atoms with Crippen molar-refractivity contribution in [3.63, 3.8) is 0 Å². The molecule has 136 valence electrons. The average molecular weight is 425 g/mol. The molecular weight excluding hydrogens is 408 g/mol. The van der Waals surface area contributed by atoms with Crippen molar-refractivity contribution in [2.24, 2.45) is 0 Å². The van der Waals surface area contributed by atoms with Crippen LogP contribution >= 0.6 is 15.9 Å². The predicted molar refractivity (Wildman–Crippen MR) is 107 cm³/mol. The quantitative estimate of drug-likeness (QED) is 0.634. The molecule has 2 heterocycles. The number of benzene rings is 2. The van der Waals surface area contributed by atoms with Crippen LogP contribution in [0.4, 0.5) is 5.82 Å². The predicted octanol–water partition coefficient (Wildman–Crippen LogP) is 5.11. The normalized spacial score (nSPS) is 12.1.